The minimum absolute atomic E-state index is 0.120. The van der Waals surface area contributed by atoms with E-state index in [1.54, 1.807) is 11.3 Å². The molecule has 2 aromatic rings. The predicted molar refractivity (Wildman–Crippen MR) is 80.7 cm³/mol. The average molecular weight is 301 g/mol. The molecule has 0 saturated carbocycles. The van der Waals surface area contributed by atoms with Crippen LogP contribution in [0.25, 0.3) is 0 Å². The first-order chi connectivity index (χ1) is 10.3. The monoisotopic (exact) mass is 301 g/mol. The van der Waals surface area contributed by atoms with Crippen molar-refractivity contribution >= 4 is 22.4 Å². The summed E-state index contributed by atoms with van der Waals surface area (Å²) in [6.45, 7) is 1.79. The van der Waals surface area contributed by atoms with Gasteiger partial charge >= 0.3 is 0 Å². The standard InChI is InChI=1S/C15H15N3O2S/c19-14(12-7-9-3-1-2-4-11(9)20-12)18-15-17-10-5-6-16-8-13(10)21-15/h1-4,12,16H,5-8H2,(H,17,18,19). The summed E-state index contributed by atoms with van der Waals surface area (Å²) in [7, 11) is 0. The second-order valence-corrected chi connectivity index (χ2v) is 6.31. The topological polar surface area (TPSA) is 63.2 Å². The van der Waals surface area contributed by atoms with Crippen LogP contribution in [0.4, 0.5) is 5.13 Å². The van der Waals surface area contributed by atoms with Crippen molar-refractivity contribution in [3.63, 3.8) is 0 Å². The molecule has 4 rings (SSSR count). The number of nitrogens with zero attached hydrogens (tertiary/aromatic N) is 1. The zero-order valence-corrected chi connectivity index (χ0v) is 12.2. The lowest BCUT2D eigenvalue weighted by molar-refractivity contribution is -0.122. The minimum atomic E-state index is -0.457. The van der Waals surface area contributed by atoms with Crippen LogP contribution in [0.3, 0.4) is 0 Å². The van der Waals surface area contributed by atoms with Gasteiger partial charge in [0.15, 0.2) is 11.2 Å². The summed E-state index contributed by atoms with van der Waals surface area (Å²) in [5, 5.41) is 6.87. The first-order valence-corrected chi connectivity index (χ1v) is 7.86. The van der Waals surface area contributed by atoms with Gasteiger partial charge in [0.25, 0.3) is 5.91 Å². The van der Waals surface area contributed by atoms with Crippen molar-refractivity contribution in [2.45, 2.75) is 25.5 Å². The lowest BCUT2D eigenvalue weighted by Crippen LogP contribution is -2.31. The van der Waals surface area contributed by atoms with Gasteiger partial charge < -0.3 is 10.1 Å². The summed E-state index contributed by atoms with van der Waals surface area (Å²) in [6.07, 6.45) is 1.09. The van der Waals surface area contributed by atoms with Gasteiger partial charge in [-0.3, -0.25) is 10.1 Å². The Morgan fingerprint density at radius 1 is 1.43 bits per heavy atom. The largest absolute Gasteiger partial charge is 0.480 e. The molecule has 2 N–H and O–H groups in total. The van der Waals surface area contributed by atoms with Crippen LogP contribution in [0, 0.1) is 0 Å². The van der Waals surface area contributed by atoms with E-state index in [2.05, 4.69) is 15.6 Å². The Morgan fingerprint density at radius 3 is 3.19 bits per heavy atom. The highest BCUT2D eigenvalue weighted by Gasteiger charge is 2.29. The molecule has 108 valence electrons. The number of anilines is 1. The fourth-order valence-corrected chi connectivity index (χ4v) is 3.67. The van der Waals surface area contributed by atoms with E-state index in [9.17, 15) is 4.79 Å². The molecule has 2 aliphatic heterocycles. The minimum Gasteiger partial charge on any atom is -0.480 e. The third kappa shape index (κ3) is 2.41. The van der Waals surface area contributed by atoms with E-state index in [1.807, 2.05) is 24.3 Å². The highest BCUT2D eigenvalue weighted by Crippen LogP contribution is 2.30. The van der Waals surface area contributed by atoms with Crippen LogP contribution in [-0.2, 0) is 24.2 Å². The van der Waals surface area contributed by atoms with Gasteiger partial charge in [-0.05, 0) is 11.6 Å². The van der Waals surface area contributed by atoms with Crippen molar-refractivity contribution in [3.8, 4) is 5.75 Å². The second kappa shape index (κ2) is 5.13. The van der Waals surface area contributed by atoms with Crippen LogP contribution in [-0.4, -0.2) is 23.5 Å². The number of nitrogens with one attached hydrogen (secondary N) is 2. The van der Waals surface area contributed by atoms with Gasteiger partial charge in [0.1, 0.15) is 5.75 Å². The number of hydrogen-bond donors (Lipinski definition) is 2. The van der Waals surface area contributed by atoms with E-state index in [0.29, 0.717) is 11.6 Å². The lowest BCUT2D eigenvalue weighted by atomic mass is 10.1. The van der Waals surface area contributed by atoms with Crippen LogP contribution < -0.4 is 15.4 Å². The zero-order valence-electron chi connectivity index (χ0n) is 11.4. The fourth-order valence-electron chi connectivity index (χ4n) is 2.69. The summed E-state index contributed by atoms with van der Waals surface area (Å²) in [5.41, 5.74) is 2.19. The van der Waals surface area contributed by atoms with Crippen molar-refractivity contribution in [3.05, 3.63) is 40.4 Å². The number of para-hydroxylation sites is 1. The Kier molecular flexibility index (Phi) is 3.12. The summed E-state index contributed by atoms with van der Waals surface area (Å²) in [6, 6.07) is 7.78. The third-order valence-electron chi connectivity index (χ3n) is 3.77. The summed E-state index contributed by atoms with van der Waals surface area (Å²) >= 11 is 1.55. The smallest absolute Gasteiger partial charge is 0.267 e. The van der Waals surface area contributed by atoms with Gasteiger partial charge in [-0.15, -0.1) is 11.3 Å². The molecule has 0 radical (unpaired) electrons. The molecular formula is C15H15N3O2S. The van der Waals surface area contributed by atoms with Crippen LogP contribution in [0.1, 0.15) is 16.1 Å². The Bertz CT molecular complexity index is 649. The first-order valence-electron chi connectivity index (χ1n) is 7.04. The summed E-state index contributed by atoms with van der Waals surface area (Å²) in [5.74, 6) is 0.686. The number of benzene rings is 1. The van der Waals surface area contributed by atoms with E-state index in [-0.39, 0.29) is 5.91 Å². The molecule has 2 aliphatic rings. The highest BCUT2D eigenvalue weighted by molar-refractivity contribution is 7.15. The molecule has 6 heteroatoms. The predicted octanol–water partition coefficient (Wildman–Crippen LogP) is 1.73. The van der Waals surface area contributed by atoms with E-state index in [4.69, 9.17) is 4.74 Å². The first kappa shape index (κ1) is 12.8. The van der Waals surface area contributed by atoms with E-state index in [0.717, 1.165) is 36.5 Å². The van der Waals surface area contributed by atoms with Crippen molar-refractivity contribution in [1.82, 2.24) is 10.3 Å². The maximum Gasteiger partial charge on any atom is 0.267 e. The quantitative estimate of drug-likeness (QED) is 0.887. The number of thiazole rings is 1. The molecule has 1 unspecified atom stereocenters. The molecule has 1 aromatic carbocycles. The Hall–Kier alpha value is -1.92. The molecule has 1 aromatic heterocycles. The molecule has 0 bridgehead atoms. The van der Waals surface area contributed by atoms with E-state index < -0.39 is 6.10 Å². The van der Waals surface area contributed by atoms with Crippen molar-refractivity contribution in [1.29, 1.82) is 0 Å². The van der Waals surface area contributed by atoms with Crippen LogP contribution >= 0.6 is 11.3 Å². The van der Waals surface area contributed by atoms with Gasteiger partial charge in [0.2, 0.25) is 0 Å². The number of ether oxygens (including phenoxy) is 1. The van der Waals surface area contributed by atoms with Gasteiger partial charge in [0.05, 0.1) is 5.69 Å². The molecule has 1 atom stereocenters. The van der Waals surface area contributed by atoms with Gasteiger partial charge in [-0.25, -0.2) is 4.98 Å². The second-order valence-electron chi connectivity index (χ2n) is 5.22. The SMILES string of the molecule is O=C(Nc1nc2c(s1)CNCC2)C1Cc2ccccc2O1. The maximum atomic E-state index is 12.3. The van der Waals surface area contributed by atoms with Gasteiger partial charge in [-0.1, -0.05) is 18.2 Å². The van der Waals surface area contributed by atoms with Gasteiger partial charge in [-0.2, -0.15) is 0 Å². The number of hydrogen-bond acceptors (Lipinski definition) is 5. The van der Waals surface area contributed by atoms with Crippen LogP contribution in [0.2, 0.25) is 0 Å². The van der Waals surface area contributed by atoms with Crippen molar-refractivity contribution < 1.29 is 9.53 Å². The fraction of sp³-hybridized carbons (Fsp3) is 0.333. The summed E-state index contributed by atoms with van der Waals surface area (Å²) in [4.78, 5) is 18.0. The lowest BCUT2D eigenvalue weighted by Gasteiger charge is -2.09. The van der Waals surface area contributed by atoms with Gasteiger partial charge in [0, 0.05) is 30.8 Å². The number of fused-ring (bicyclic) bond motifs is 2. The molecule has 0 aliphatic carbocycles. The number of amides is 1. The number of aromatic nitrogens is 1. The Labute approximate surface area is 126 Å². The zero-order chi connectivity index (χ0) is 14.2. The van der Waals surface area contributed by atoms with Crippen molar-refractivity contribution in [2.75, 3.05) is 11.9 Å². The molecule has 21 heavy (non-hydrogen) atoms. The number of carbonyl (C=O) groups is 1. The van der Waals surface area contributed by atoms with E-state index >= 15 is 0 Å². The van der Waals surface area contributed by atoms with Crippen LogP contribution in [0.5, 0.6) is 5.75 Å². The number of carbonyl (C=O) groups excluding carboxylic acids is 1. The Morgan fingerprint density at radius 2 is 2.33 bits per heavy atom. The third-order valence-corrected chi connectivity index (χ3v) is 4.79. The normalized spacial score (nSPS) is 19.5. The summed E-state index contributed by atoms with van der Waals surface area (Å²) < 4.78 is 5.70. The Balaban J connectivity index is 1.46. The van der Waals surface area contributed by atoms with Crippen molar-refractivity contribution in [2.24, 2.45) is 0 Å². The molecule has 0 spiro atoms. The van der Waals surface area contributed by atoms with E-state index in [1.165, 1.54) is 4.88 Å². The van der Waals surface area contributed by atoms with Crippen LogP contribution in [0.15, 0.2) is 24.3 Å². The molecule has 3 heterocycles. The molecule has 0 saturated heterocycles. The average Bonchev–Trinajstić information content (AvgIpc) is 3.10. The maximum absolute atomic E-state index is 12.3. The highest BCUT2D eigenvalue weighted by atomic mass is 32.1. The number of rotatable bonds is 2. The molecule has 0 fully saturated rings. The molecule has 1 amide bonds. The molecule has 5 nitrogen and oxygen atoms in total. The molecular weight excluding hydrogens is 286 g/mol.